The molecule has 0 radical (unpaired) electrons. The third-order valence-corrected chi connectivity index (χ3v) is 9.00. The van der Waals surface area contributed by atoms with Crippen LogP contribution in [0.3, 0.4) is 0 Å². The van der Waals surface area contributed by atoms with Crippen LogP contribution in [0.1, 0.15) is 24.5 Å². The summed E-state index contributed by atoms with van der Waals surface area (Å²) in [6.45, 7) is 0.407. The highest BCUT2D eigenvalue weighted by Gasteiger charge is 2.37. The summed E-state index contributed by atoms with van der Waals surface area (Å²) in [5, 5.41) is 2.21. The summed E-state index contributed by atoms with van der Waals surface area (Å²) in [6, 6.07) is 13.0. The van der Waals surface area contributed by atoms with E-state index in [1.807, 2.05) is 0 Å². The summed E-state index contributed by atoms with van der Waals surface area (Å²) in [5.41, 5.74) is -1.44. The molecule has 0 heterocycles. The molecule has 7 nitrogen and oxygen atoms in total. The highest BCUT2D eigenvalue weighted by Crippen LogP contribution is 2.38. The van der Waals surface area contributed by atoms with Gasteiger partial charge in [-0.1, -0.05) is 66.0 Å². The van der Waals surface area contributed by atoms with E-state index in [9.17, 15) is 31.2 Å². The maximum atomic E-state index is 13.9. The zero-order valence-corrected chi connectivity index (χ0v) is 24.8. The first-order chi connectivity index (χ1) is 19.2. The molecule has 0 aliphatic rings. The number of nitrogens with one attached hydrogen (secondary N) is 1. The molecule has 1 N–H and O–H groups in total. The largest absolute Gasteiger partial charge is 0.417 e. The Morgan fingerprint density at radius 2 is 1.54 bits per heavy atom. The van der Waals surface area contributed by atoms with Gasteiger partial charge in [0, 0.05) is 29.2 Å². The normalized spacial score (nSPS) is 12.5. The van der Waals surface area contributed by atoms with E-state index in [0.29, 0.717) is 15.9 Å². The summed E-state index contributed by atoms with van der Waals surface area (Å²) < 4.78 is 69.2. The number of rotatable bonds is 10. The Bertz CT molecular complexity index is 1500. The number of sulfonamides is 1. The number of likely N-dealkylation sites (N-methyl/N-ethyl adjacent to an activating group) is 1. The lowest BCUT2D eigenvalue weighted by molar-refractivity contribution is -0.140. The number of carbonyl (C=O) groups is 2. The monoisotopic (exact) mass is 649 g/mol. The molecule has 3 rings (SSSR count). The quantitative estimate of drug-likeness (QED) is 0.275. The van der Waals surface area contributed by atoms with Crippen molar-refractivity contribution in [3.63, 3.8) is 0 Å². The van der Waals surface area contributed by atoms with Gasteiger partial charge in [-0.2, -0.15) is 13.2 Å². The third-order valence-electron chi connectivity index (χ3n) is 6.18. The van der Waals surface area contributed by atoms with Crippen molar-refractivity contribution in [2.24, 2.45) is 0 Å². The molecule has 0 saturated carbocycles. The van der Waals surface area contributed by atoms with Crippen LogP contribution in [0.2, 0.25) is 15.1 Å². The molecule has 0 saturated heterocycles. The lowest BCUT2D eigenvalue weighted by atomic mass is 10.1. The summed E-state index contributed by atoms with van der Waals surface area (Å²) in [6.07, 6.45) is -4.78. The van der Waals surface area contributed by atoms with E-state index < -0.39 is 56.9 Å². The van der Waals surface area contributed by atoms with Crippen LogP contribution in [0.25, 0.3) is 0 Å². The molecule has 0 aliphatic heterocycles. The average molecular weight is 651 g/mol. The van der Waals surface area contributed by atoms with Crippen molar-refractivity contribution in [3.8, 4) is 0 Å². The minimum Gasteiger partial charge on any atom is -0.357 e. The van der Waals surface area contributed by atoms with Crippen LogP contribution < -0.4 is 9.62 Å². The van der Waals surface area contributed by atoms with Crippen LogP contribution in [0.15, 0.2) is 71.6 Å². The Morgan fingerprint density at radius 3 is 2.07 bits per heavy atom. The molecule has 3 aromatic carbocycles. The molecule has 0 fully saturated rings. The minimum atomic E-state index is -4.90. The molecule has 41 heavy (non-hydrogen) atoms. The van der Waals surface area contributed by atoms with Crippen molar-refractivity contribution >= 4 is 62.3 Å². The van der Waals surface area contributed by atoms with Gasteiger partial charge in [0.05, 0.1) is 21.2 Å². The first-order valence-electron chi connectivity index (χ1n) is 12.1. The number of halogens is 6. The van der Waals surface area contributed by atoms with Crippen LogP contribution in [-0.4, -0.2) is 44.8 Å². The standard InChI is InChI=1S/C27H25Cl3F3N3O4S/c1-3-24(26(38)34-2)35(15-19-21(28)10-7-11-22(19)29)25(37)16-36(41(39,40)18-8-5-4-6-9-18)17-12-13-23(30)20(14-17)27(31,32)33/h4-14,24H,3,15-16H2,1-2H3,(H,34,38). The van der Waals surface area contributed by atoms with Crippen molar-refractivity contribution in [2.75, 3.05) is 17.9 Å². The zero-order chi connectivity index (χ0) is 30.5. The highest BCUT2D eigenvalue weighted by molar-refractivity contribution is 7.92. The predicted molar refractivity (Wildman–Crippen MR) is 153 cm³/mol. The second kappa shape index (κ2) is 13.3. The lowest BCUT2D eigenvalue weighted by Gasteiger charge is -2.33. The van der Waals surface area contributed by atoms with E-state index in [-0.39, 0.29) is 27.9 Å². The average Bonchev–Trinajstić information content (AvgIpc) is 2.93. The summed E-state index contributed by atoms with van der Waals surface area (Å²) >= 11 is 18.4. The van der Waals surface area contributed by atoms with Crippen molar-refractivity contribution in [3.05, 3.63) is 92.9 Å². The Labute approximate surface area is 250 Å². The second-order valence-electron chi connectivity index (χ2n) is 8.75. The van der Waals surface area contributed by atoms with Gasteiger partial charge in [0.25, 0.3) is 10.0 Å². The van der Waals surface area contributed by atoms with Crippen molar-refractivity contribution in [2.45, 2.75) is 37.0 Å². The number of anilines is 1. The van der Waals surface area contributed by atoms with Crippen LogP contribution >= 0.6 is 34.8 Å². The predicted octanol–water partition coefficient (Wildman–Crippen LogP) is 6.41. The summed E-state index contributed by atoms with van der Waals surface area (Å²) in [5.74, 6) is -1.44. The molecule has 0 aliphatic carbocycles. The lowest BCUT2D eigenvalue weighted by Crippen LogP contribution is -2.51. The smallest absolute Gasteiger partial charge is 0.357 e. The van der Waals surface area contributed by atoms with Crippen molar-refractivity contribution in [1.29, 1.82) is 0 Å². The fraction of sp³-hybridized carbons (Fsp3) is 0.259. The molecule has 220 valence electrons. The number of hydrogen-bond acceptors (Lipinski definition) is 4. The number of amides is 2. The molecule has 1 atom stereocenters. The van der Waals surface area contributed by atoms with Crippen LogP contribution in [0.4, 0.5) is 18.9 Å². The van der Waals surface area contributed by atoms with E-state index in [0.717, 1.165) is 17.0 Å². The van der Waals surface area contributed by atoms with Gasteiger partial charge in [-0.15, -0.1) is 0 Å². The van der Waals surface area contributed by atoms with Crippen LogP contribution in [0.5, 0.6) is 0 Å². The van der Waals surface area contributed by atoms with Crippen LogP contribution in [-0.2, 0) is 32.3 Å². The third kappa shape index (κ3) is 7.45. The molecular formula is C27H25Cl3F3N3O4S. The highest BCUT2D eigenvalue weighted by atomic mass is 35.5. The Morgan fingerprint density at radius 1 is 0.927 bits per heavy atom. The van der Waals surface area contributed by atoms with Gasteiger partial charge in [0.1, 0.15) is 12.6 Å². The zero-order valence-electron chi connectivity index (χ0n) is 21.8. The molecular weight excluding hydrogens is 626 g/mol. The van der Waals surface area contributed by atoms with E-state index in [4.69, 9.17) is 34.8 Å². The molecule has 0 aromatic heterocycles. The van der Waals surface area contributed by atoms with E-state index in [1.54, 1.807) is 19.1 Å². The van der Waals surface area contributed by atoms with E-state index in [2.05, 4.69) is 5.32 Å². The van der Waals surface area contributed by atoms with Gasteiger partial charge in [-0.3, -0.25) is 13.9 Å². The van der Waals surface area contributed by atoms with Crippen LogP contribution in [0, 0.1) is 0 Å². The van der Waals surface area contributed by atoms with Crippen molar-refractivity contribution in [1.82, 2.24) is 10.2 Å². The Balaban J connectivity index is 2.17. The number of carbonyl (C=O) groups excluding carboxylic acids is 2. The summed E-state index contributed by atoms with van der Waals surface area (Å²) in [7, 11) is -3.21. The molecule has 14 heteroatoms. The Kier molecular flexibility index (Phi) is 10.6. The molecule has 1 unspecified atom stereocenters. The number of hydrogen-bond donors (Lipinski definition) is 1. The molecule has 0 bridgehead atoms. The summed E-state index contributed by atoms with van der Waals surface area (Å²) in [4.78, 5) is 27.5. The fourth-order valence-corrected chi connectivity index (χ4v) is 6.24. The number of benzene rings is 3. The molecule has 3 aromatic rings. The van der Waals surface area contributed by atoms with Gasteiger partial charge < -0.3 is 10.2 Å². The first kappa shape index (κ1) is 32.5. The number of alkyl halides is 3. The maximum absolute atomic E-state index is 13.9. The van der Waals surface area contributed by atoms with Gasteiger partial charge in [0.2, 0.25) is 11.8 Å². The van der Waals surface area contributed by atoms with Gasteiger partial charge in [0.15, 0.2) is 0 Å². The Hall–Kier alpha value is -2.99. The maximum Gasteiger partial charge on any atom is 0.417 e. The number of nitrogens with zero attached hydrogens (tertiary/aromatic N) is 2. The van der Waals surface area contributed by atoms with E-state index in [1.165, 1.54) is 43.4 Å². The minimum absolute atomic E-state index is 0.123. The second-order valence-corrected chi connectivity index (χ2v) is 11.8. The van der Waals surface area contributed by atoms with E-state index >= 15 is 0 Å². The SMILES string of the molecule is CCC(C(=O)NC)N(Cc1c(Cl)cccc1Cl)C(=O)CN(c1ccc(Cl)c(C(F)(F)F)c1)S(=O)(=O)c1ccccc1. The van der Waals surface area contributed by atoms with Gasteiger partial charge in [-0.05, 0) is 48.9 Å². The first-order valence-corrected chi connectivity index (χ1v) is 14.7. The van der Waals surface area contributed by atoms with Crippen molar-refractivity contribution < 1.29 is 31.2 Å². The van der Waals surface area contributed by atoms with Gasteiger partial charge in [-0.25, -0.2) is 8.42 Å². The topological polar surface area (TPSA) is 86.8 Å². The fourth-order valence-electron chi connectivity index (χ4n) is 4.07. The molecule has 0 spiro atoms. The molecule has 2 amide bonds. The van der Waals surface area contributed by atoms with Gasteiger partial charge >= 0.3 is 6.18 Å².